The zero-order chi connectivity index (χ0) is 12.7. The fourth-order valence-corrected chi connectivity index (χ4v) is 3.68. The van der Waals surface area contributed by atoms with Crippen LogP contribution in [-0.4, -0.2) is 61.7 Å². The van der Waals surface area contributed by atoms with Gasteiger partial charge in [-0.2, -0.15) is 0 Å². The third kappa shape index (κ3) is 2.20. The lowest BCUT2D eigenvalue weighted by molar-refractivity contribution is 0.0689. The second-order valence-corrected chi connectivity index (χ2v) is 6.25. The van der Waals surface area contributed by atoms with Crippen molar-refractivity contribution < 1.29 is 0 Å². The molecule has 0 spiro atoms. The molecule has 3 aliphatic rings. The number of fused-ring (bicyclic) bond motifs is 1. The van der Waals surface area contributed by atoms with Gasteiger partial charge in [0.2, 0.25) is 0 Å². The van der Waals surface area contributed by atoms with Gasteiger partial charge in [0.15, 0.2) is 0 Å². The molecule has 1 N–H and O–H groups in total. The first-order valence-corrected chi connectivity index (χ1v) is 7.65. The van der Waals surface area contributed by atoms with Gasteiger partial charge < -0.3 is 10.2 Å². The topological polar surface area (TPSA) is 18.5 Å². The molecule has 0 amide bonds. The van der Waals surface area contributed by atoms with Gasteiger partial charge in [-0.05, 0) is 17.5 Å². The van der Waals surface area contributed by atoms with Crippen LogP contribution in [0, 0.1) is 0 Å². The highest BCUT2D eigenvalue weighted by atomic mass is 15.3. The SMILES string of the molecule is c1ccc2c(c1)CC2CN1CCN(C2CNC2)CC1. The molecule has 2 fully saturated rings. The van der Waals surface area contributed by atoms with Crippen LogP contribution in [0.15, 0.2) is 24.3 Å². The number of benzene rings is 1. The van der Waals surface area contributed by atoms with Crippen molar-refractivity contribution in [1.82, 2.24) is 15.1 Å². The highest BCUT2D eigenvalue weighted by Gasteiger charge is 2.31. The van der Waals surface area contributed by atoms with E-state index in [4.69, 9.17) is 0 Å². The zero-order valence-corrected chi connectivity index (χ0v) is 11.5. The van der Waals surface area contributed by atoms with Gasteiger partial charge in [0, 0.05) is 57.8 Å². The minimum atomic E-state index is 0.799. The molecule has 102 valence electrons. The summed E-state index contributed by atoms with van der Waals surface area (Å²) < 4.78 is 0. The molecule has 0 bridgehead atoms. The molecule has 3 heteroatoms. The van der Waals surface area contributed by atoms with E-state index in [1.54, 1.807) is 11.1 Å². The third-order valence-electron chi connectivity index (χ3n) is 5.12. The molecule has 0 aromatic heterocycles. The van der Waals surface area contributed by atoms with Gasteiger partial charge in [-0.3, -0.25) is 4.90 Å². The molecule has 19 heavy (non-hydrogen) atoms. The summed E-state index contributed by atoms with van der Waals surface area (Å²) in [6.45, 7) is 8.73. The van der Waals surface area contributed by atoms with Crippen molar-refractivity contribution >= 4 is 0 Å². The van der Waals surface area contributed by atoms with Crippen molar-refractivity contribution in [1.29, 1.82) is 0 Å². The van der Waals surface area contributed by atoms with Gasteiger partial charge in [-0.1, -0.05) is 24.3 Å². The van der Waals surface area contributed by atoms with E-state index in [9.17, 15) is 0 Å². The number of hydrogen-bond acceptors (Lipinski definition) is 3. The van der Waals surface area contributed by atoms with Gasteiger partial charge >= 0.3 is 0 Å². The first-order chi connectivity index (χ1) is 9.40. The Morgan fingerprint density at radius 2 is 1.84 bits per heavy atom. The number of hydrogen-bond donors (Lipinski definition) is 1. The van der Waals surface area contributed by atoms with E-state index >= 15 is 0 Å². The van der Waals surface area contributed by atoms with Crippen molar-refractivity contribution in [2.45, 2.75) is 18.4 Å². The smallest absolute Gasteiger partial charge is 0.0346 e. The van der Waals surface area contributed by atoms with Crippen LogP contribution in [0.1, 0.15) is 17.0 Å². The maximum absolute atomic E-state index is 3.38. The molecule has 1 aromatic rings. The Bertz CT molecular complexity index is 447. The lowest BCUT2D eigenvalue weighted by Crippen LogP contribution is -2.61. The van der Waals surface area contributed by atoms with E-state index in [1.807, 2.05) is 0 Å². The van der Waals surface area contributed by atoms with Gasteiger partial charge in [0.1, 0.15) is 0 Å². The summed E-state index contributed by atoms with van der Waals surface area (Å²) in [6.07, 6.45) is 1.29. The highest BCUT2D eigenvalue weighted by molar-refractivity contribution is 5.40. The molecule has 1 unspecified atom stereocenters. The summed E-state index contributed by atoms with van der Waals surface area (Å²) in [4.78, 5) is 5.34. The third-order valence-corrected chi connectivity index (χ3v) is 5.12. The number of piperazine rings is 1. The molecule has 1 aliphatic carbocycles. The Kier molecular flexibility index (Phi) is 3.06. The Morgan fingerprint density at radius 3 is 2.53 bits per heavy atom. The van der Waals surface area contributed by atoms with Gasteiger partial charge in [0.25, 0.3) is 0 Å². The Balaban J connectivity index is 1.29. The van der Waals surface area contributed by atoms with Crippen LogP contribution in [0.4, 0.5) is 0 Å². The molecule has 2 aliphatic heterocycles. The minimum absolute atomic E-state index is 0.799. The van der Waals surface area contributed by atoms with E-state index in [0.29, 0.717) is 0 Å². The van der Waals surface area contributed by atoms with Crippen molar-refractivity contribution in [3.05, 3.63) is 35.4 Å². The quantitative estimate of drug-likeness (QED) is 0.868. The van der Waals surface area contributed by atoms with Gasteiger partial charge in [-0.15, -0.1) is 0 Å². The molecule has 4 rings (SSSR count). The Labute approximate surface area is 115 Å². The fraction of sp³-hybridized carbons (Fsp3) is 0.625. The van der Waals surface area contributed by atoms with Gasteiger partial charge in [0.05, 0.1) is 0 Å². The second-order valence-electron chi connectivity index (χ2n) is 6.25. The first-order valence-electron chi connectivity index (χ1n) is 7.65. The summed E-state index contributed by atoms with van der Waals surface area (Å²) >= 11 is 0. The van der Waals surface area contributed by atoms with Crippen LogP contribution in [0.2, 0.25) is 0 Å². The summed E-state index contributed by atoms with van der Waals surface area (Å²) in [5, 5.41) is 3.38. The van der Waals surface area contributed by atoms with E-state index in [2.05, 4.69) is 39.4 Å². The minimum Gasteiger partial charge on any atom is -0.314 e. The summed E-state index contributed by atoms with van der Waals surface area (Å²) in [6, 6.07) is 9.78. The largest absolute Gasteiger partial charge is 0.314 e. The molecule has 0 saturated carbocycles. The molecule has 1 atom stereocenters. The Morgan fingerprint density at radius 1 is 1.05 bits per heavy atom. The van der Waals surface area contributed by atoms with Crippen LogP contribution in [-0.2, 0) is 6.42 Å². The molecule has 3 nitrogen and oxygen atoms in total. The Hall–Kier alpha value is -0.900. The highest BCUT2D eigenvalue weighted by Crippen LogP contribution is 2.35. The molecule has 2 heterocycles. The number of rotatable bonds is 3. The summed E-state index contributed by atoms with van der Waals surface area (Å²) in [5.74, 6) is 0.799. The molecule has 1 aromatic carbocycles. The molecular weight excluding hydrogens is 234 g/mol. The van der Waals surface area contributed by atoms with Crippen LogP contribution in [0.25, 0.3) is 0 Å². The lowest BCUT2D eigenvalue weighted by atomic mass is 9.77. The average molecular weight is 257 g/mol. The van der Waals surface area contributed by atoms with E-state index < -0.39 is 0 Å². The fourth-order valence-electron chi connectivity index (χ4n) is 3.68. The van der Waals surface area contributed by atoms with Crippen LogP contribution in [0.3, 0.4) is 0 Å². The first kappa shape index (κ1) is 11.9. The zero-order valence-electron chi connectivity index (χ0n) is 11.5. The van der Waals surface area contributed by atoms with Crippen LogP contribution >= 0.6 is 0 Å². The van der Waals surface area contributed by atoms with Crippen molar-refractivity contribution in [2.24, 2.45) is 0 Å². The standard InChI is InChI=1S/C16H23N3/c1-2-4-16-13(3-1)9-14(16)12-18-5-7-19(8-6-18)15-10-17-11-15/h1-4,14-15,17H,5-12H2. The van der Waals surface area contributed by atoms with Crippen LogP contribution < -0.4 is 5.32 Å². The van der Waals surface area contributed by atoms with Gasteiger partial charge in [-0.25, -0.2) is 0 Å². The maximum atomic E-state index is 3.38. The maximum Gasteiger partial charge on any atom is 0.0346 e. The van der Waals surface area contributed by atoms with Crippen molar-refractivity contribution in [3.8, 4) is 0 Å². The number of nitrogens with one attached hydrogen (secondary N) is 1. The van der Waals surface area contributed by atoms with E-state index in [0.717, 1.165) is 12.0 Å². The molecular formula is C16H23N3. The predicted octanol–water partition coefficient (Wildman–Crippen LogP) is 0.916. The van der Waals surface area contributed by atoms with Crippen LogP contribution in [0.5, 0.6) is 0 Å². The molecule has 2 saturated heterocycles. The lowest BCUT2D eigenvalue weighted by Gasteiger charge is -2.44. The average Bonchev–Trinajstić information content (AvgIpc) is 2.36. The normalized spacial score (nSPS) is 28.5. The molecule has 0 radical (unpaired) electrons. The summed E-state index contributed by atoms with van der Waals surface area (Å²) in [5.41, 5.74) is 3.18. The monoisotopic (exact) mass is 257 g/mol. The van der Waals surface area contributed by atoms with Crippen molar-refractivity contribution in [2.75, 3.05) is 45.8 Å². The van der Waals surface area contributed by atoms with E-state index in [-0.39, 0.29) is 0 Å². The predicted molar refractivity (Wildman–Crippen MR) is 77.6 cm³/mol. The number of nitrogens with zero attached hydrogens (tertiary/aromatic N) is 2. The summed E-state index contributed by atoms with van der Waals surface area (Å²) in [7, 11) is 0. The van der Waals surface area contributed by atoms with E-state index in [1.165, 1.54) is 52.2 Å². The second kappa shape index (κ2) is 4.89. The van der Waals surface area contributed by atoms with Crippen molar-refractivity contribution in [3.63, 3.8) is 0 Å².